The van der Waals surface area contributed by atoms with Gasteiger partial charge in [-0.2, -0.15) is 4.98 Å². The molecule has 0 saturated carbocycles. The Morgan fingerprint density at radius 3 is 2.75 bits per heavy atom. The summed E-state index contributed by atoms with van der Waals surface area (Å²) in [6.07, 6.45) is 1.52. The largest absolute Gasteiger partial charge is 0.481 e. The molecule has 1 atom stereocenters. The Kier molecular flexibility index (Phi) is 5.02. The van der Waals surface area contributed by atoms with Crippen molar-refractivity contribution in [1.82, 2.24) is 9.97 Å². The van der Waals surface area contributed by atoms with E-state index < -0.39 is 5.97 Å². The predicted octanol–water partition coefficient (Wildman–Crippen LogP) is 5.24. The van der Waals surface area contributed by atoms with E-state index in [9.17, 15) is 9.90 Å². The summed E-state index contributed by atoms with van der Waals surface area (Å²) in [5.41, 5.74) is 4.73. The van der Waals surface area contributed by atoms with Gasteiger partial charge in [0.25, 0.3) is 0 Å². The number of piperidine rings is 1. The third-order valence-electron chi connectivity index (χ3n) is 5.55. The summed E-state index contributed by atoms with van der Waals surface area (Å²) in [7, 11) is 0. The molecule has 3 heterocycles. The van der Waals surface area contributed by atoms with Gasteiger partial charge in [-0.1, -0.05) is 18.2 Å². The first-order chi connectivity index (χ1) is 13.3. The molecule has 1 aromatic carbocycles. The van der Waals surface area contributed by atoms with Gasteiger partial charge in [0.2, 0.25) is 5.28 Å². The highest BCUT2D eigenvalue weighted by Gasteiger charge is 2.29. The van der Waals surface area contributed by atoms with Crippen molar-refractivity contribution in [1.29, 1.82) is 0 Å². The molecule has 1 saturated heterocycles. The molecule has 2 aromatic heterocycles. The molecule has 7 heteroatoms. The smallest absolute Gasteiger partial charge is 0.308 e. The molecule has 0 spiro atoms. The van der Waals surface area contributed by atoms with Gasteiger partial charge < -0.3 is 10.0 Å². The van der Waals surface area contributed by atoms with E-state index in [0.717, 1.165) is 45.0 Å². The summed E-state index contributed by atoms with van der Waals surface area (Å²) in [5, 5.41) is 10.7. The molecule has 146 valence electrons. The number of aryl methyl sites for hydroxylation is 3. The van der Waals surface area contributed by atoms with Crippen LogP contribution < -0.4 is 4.90 Å². The number of hydrogen-bond donors (Lipinski definition) is 1. The maximum atomic E-state index is 11.5. The zero-order valence-electron chi connectivity index (χ0n) is 16.1. The number of aromatic nitrogens is 2. The van der Waals surface area contributed by atoms with Gasteiger partial charge in [0.1, 0.15) is 10.6 Å². The quantitative estimate of drug-likeness (QED) is 0.592. The minimum absolute atomic E-state index is 0.202. The Bertz CT molecular complexity index is 1080. The maximum Gasteiger partial charge on any atom is 0.308 e. The molecule has 28 heavy (non-hydrogen) atoms. The van der Waals surface area contributed by atoms with Crippen molar-refractivity contribution >= 4 is 44.9 Å². The van der Waals surface area contributed by atoms with Crippen LogP contribution in [0.1, 0.15) is 28.8 Å². The number of benzene rings is 1. The van der Waals surface area contributed by atoms with Crippen molar-refractivity contribution < 1.29 is 9.90 Å². The molecule has 0 aliphatic carbocycles. The van der Waals surface area contributed by atoms with Crippen LogP contribution in [0, 0.1) is 26.7 Å². The van der Waals surface area contributed by atoms with Gasteiger partial charge in [-0.15, -0.1) is 11.3 Å². The number of halogens is 1. The number of thiophene rings is 1. The summed E-state index contributed by atoms with van der Waals surface area (Å²) in [6, 6.07) is 6.45. The van der Waals surface area contributed by atoms with E-state index in [1.54, 1.807) is 11.3 Å². The van der Waals surface area contributed by atoms with Crippen LogP contribution in [0.2, 0.25) is 5.28 Å². The third-order valence-corrected chi connectivity index (χ3v) is 6.72. The average molecular weight is 416 g/mol. The average Bonchev–Trinajstić information content (AvgIpc) is 2.99. The zero-order valence-corrected chi connectivity index (χ0v) is 17.7. The Hall–Kier alpha value is -2.18. The molecule has 1 aliphatic rings. The lowest BCUT2D eigenvalue weighted by Gasteiger charge is -2.32. The lowest BCUT2D eigenvalue weighted by Crippen LogP contribution is -2.39. The van der Waals surface area contributed by atoms with Crippen LogP contribution in [0.4, 0.5) is 5.82 Å². The second kappa shape index (κ2) is 7.33. The molecule has 0 amide bonds. The van der Waals surface area contributed by atoms with Crippen LogP contribution in [-0.2, 0) is 4.79 Å². The number of carboxylic acids is 1. The second-order valence-corrected chi connectivity index (χ2v) is 8.99. The SMILES string of the molecule is Cc1ccc(-c2c(C)sc3nc(Cl)nc(N4CCCC(C(=O)O)C4)c23)cc1C. The Labute approximate surface area is 173 Å². The van der Waals surface area contributed by atoms with E-state index in [1.165, 1.54) is 11.1 Å². The molecule has 4 rings (SSSR count). The number of nitrogens with zero attached hydrogens (tertiary/aromatic N) is 3. The molecule has 3 aromatic rings. The van der Waals surface area contributed by atoms with Crippen LogP contribution in [0.3, 0.4) is 0 Å². The van der Waals surface area contributed by atoms with E-state index >= 15 is 0 Å². The predicted molar refractivity (Wildman–Crippen MR) is 115 cm³/mol. The number of carboxylic acid groups (broad SMARTS) is 1. The van der Waals surface area contributed by atoms with Crippen molar-refractivity contribution in [3.8, 4) is 11.1 Å². The van der Waals surface area contributed by atoms with Crippen LogP contribution >= 0.6 is 22.9 Å². The van der Waals surface area contributed by atoms with E-state index in [0.29, 0.717) is 13.0 Å². The fraction of sp³-hybridized carbons (Fsp3) is 0.381. The van der Waals surface area contributed by atoms with Gasteiger partial charge in [0.15, 0.2) is 0 Å². The summed E-state index contributed by atoms with van der Waals surface area (Å²) in [5.74, 6) is -0.391. The number of aliphatic carboxylic acids is 1. The van der Waals surface area contributed by atoms with Crippen LogP contribution in [0.5, 0.6) is 0 Å². The summed E-state index contributed by atoms with van der Waals surface area (Å²) in [4.78, 5) is 24.6. The Balaban J connectivity index is 1.91. The Morgan fingerprint density at radius 1 is 1.25 bits per heavy atom. The van der Waals surface area contributed by atoms with Crippen molar-refractivity contribution in [3.63, 3.8) is 0 Å². The van der Waals surface area contributed by atoms with Crippen molar-refractivity contribution in [2.24, 2.45) is 5.92 Å². The van der Waals surface area contributed by atoms with E-state index in [4.69, 9.17) is 11.6 Å². The fourth-order valence-electron chi connectivity index (χ4n) is 3.91. The normalized spacial score (nSPS) is 17.3. The number of anilines is 1. The highest BCUT2D eigenvalue weighted by molar-refractivity contribution is 7.19. The first kappa shape index (κ1) is 19.2. The molecule has 1 N–H and O–H groups in total. The standard InChI is InChI=1S/C21H22ClN3O2S/c1-11-6-7-14(9-12(11)2)16-13(3)28-19-17(16)18(23-21(22)24-19)25-8-4-5-15(10-25)20(26)27/h6-7,9,15H,4-5,8,10H2,1-3H3,(H,26,27). The van der Waals surface area contributed by atoms with Gasteiger partial charge in [0.05, 0.1) is 11.3 Å². The molecule has 1 aliphatic heterocycles. The molecule has 5 nitrogen and oxygen atoms in total. The first-order valence-corrected chi connectivity index (χ1v) is 10.6. The van der Waals surface area contributed by atoms with Crippen molar-refractivity contribution in [3.05, 3.63) is 39.5 Å². The Morgan fingerprint density at radius 2 is 2.04 bits per heavy atom. The van der Waals surface area contributed by atoms with Gasteiger partial charge in [-0.3, -0.25) is 4.79 Å². The van der Waals surface area contributed by atoms with Crippen LogP contribution in [-0.4, -0.2) is 34.1 Å². The van der Waals surface area contributed by atoms with Crippen molar-refractivity contribution in [2.75, 3.05) is 18.0 Å². The summed E-state index contributed by atoms with van der Waals surface area (Å²) < 4.78 is 0. The molecule has 0 radical (unpaired) electrons. The number of fused-ring (bicyclic) bond motifs is 1. The molecular weight excluding hydrogens is 394 g/mol. The molecule has 0 bridgehead atoms. The summed E-state index contributed by atoms with van der Waals surface area (Å²) >= 11 is 7.84. The second-order valence-electron chi connectivity index (χ2n) is 7.45. The molecular formula is C21H22ClN3O2S. The van der Waals surface area contributed by atoms with Gasteiger partial charge in [-0.05, 0) is 61.9 Å². The molecule has 1 fully saturated rings. The van der Waals surface area contributed by atoms with Gasteiger partial charge in [-0.25, -0.2) is 4.98 Å². The minimum atomic E-state index is -0.753. The highest BCUT2D eigenvalue weighted by atomic mass is 35.5. The monoisotopic (exact) mass is 415 g/mol. The van der Waals surface area contributed by atoms with Crippen LogP contribution in [0.25, 0.3) is 21.3 Å². The minimum Gasteiger partial charge on any atom is -0.481 e. The lowest BCUT2D eigenvalue weighted by atomic mass is 9.96. The van der Waals surface area contributed by atoms with E-state index in [2.05, 4.69) is 53.8 Å². The highest BCUT2D eigenvalue weighted by Crippen LogP contribution is 2.43. The van der Waals surface area contributed by atoms with E-state index in [-0.39, 0.29) is 11.2 Å². The van der Waals surface area contributed by atoms with Crippen molar-refractivity contribution in [2.45, 2.75) is 33.6 Å². The first-order valence-electron chi connectivity index (χ1n) is 9.37. The topological polar surface area (TPSA) is 66.3 Å². The zero-order chi connectivity index (χ0) is 20.0. The number of rotatable bonds is 3. The molecule has 1 unspecified atom stereocenters. The number of carbonyl (C=O) groups is 1. The third kappa shape index (κ3) is 3.35. The number of hydrogen-bond acceptors (Lipinski definition) is 5. The maximum absolute atomic E-state index is 11.5. The van der Waals surface area contributed by atoms with Gasteiger partial charge >= 0.3 is 5.97 Å². The lowest BCUT2D eigenvalue weighted by molar-refractivity contribution is -0.141. The van der Waals surface area contributed by atoms with E-state index in [1.807, 2.05) is 0 Å². The summed E-state index contributed by atoms with van der Waals surface area (Å²) in [6.45, 7) is 7.52. The fourth-order valence-corrected chi connectivity index (χ4v) is 5.17. The van der Waals surface area contributed by atoms with Crippen LogP contribution in [0.15, 0.2) is 18.2 Å². The van der Waals surface area contributed by atoms with Gasteiger partial charge in [0, 0.05) is 23.5 Å².